The highest BCUT2D eigenvalue weighted by Crippen LogP contribution is 2.37. The van der Waals surface area contributed by atoms with E-state index in [1.165, 1.54) is 16.7 Å². The van der Waals surface area contributed by atoms with Gasteiger partial charge >= 0.3 is 0 Å². The Labute approximate surface area is 208 Å². The summed E-state index contributed by atoms with van der Waals surface area (Å²) in [5.74, 6) is -0.475. The number of hydrogen-bond donors (Lipinski definition) is 1. The lowest BCUT2D eigenvalue weighted by atomic mass is 10.0. The van der Waals surface area contributed by atoms with Crippen LogP contribution >= 0.6 is 23.4 Å². The van der Waals surface area contributed by atoms with Crippen LogP contribution in [0.3, 0.4) is 0 Å². The van der Waals surface area contributed by atoms with Crippen molar-refractivity contribution in [1.29, 1.82) is 0 Å². The van der Waals surface area contributed by atoms with Crippen LogP contribution in [0.2, 0.25) is 5.02 Å². The molecule has 0 spiro atoms. The third-order valence-electron chi connectivity index (χ3n) is 5.73. The number of halogens is 1. The van der Waals surface area contributed by atoms with Crippen LogP contribution in [0.25, 0.3) is 0 Å². The van der Waals surface area contributed by atoms with Gasteiger partial charge in [0.15, 0.2) is 0 Å². The summed E-state index contributed by atoms with van der Waals surface area (Å²) >= 11 is 7.26. The molecule has 174 valence electrons. The molecule has 1 heterocycles. The number of benzene rings is 3. The van der Waals surface area contributed by atoms with E-state index in [4.69, 9.17) is 11.6 Å². The third kappa shape index (κ3) is 5.34. The zero-order chi connectivity index (χ0) is 24.2. The predicted molar refractivity (Wildman–Crippen MR) is 138 cm³/mol. The fourth-order valence-corrected chi connectivity index (χ4v) is 5.21. The van der Waals surface area contributed by atoms with Crippen molar-refractivity contribution in [3.05, 3.63) is 88.4 Å². The SMILES string of the molecule is CCc1cccc(C)c1N1C(=O)C[C@H](Sc2ccc(NC(=O)Cc3ccc(Cl)cc3)cc2)C1=O. The number of carbonyl (C=O) groups excluding carboxylic acids is 3. The number of nitrogens with zero attached hydrogens (tertiary/aromatic N) is 1. The molecule has 0 aliphatic carbocycles. The summed E-state index contributed by atoms with van der Waals surface area (Å²) in [6.07, 6.45) is 1.17. The molecule has 0 bridgehead atoms. The van der Waals surface area contributed by atoms with Gasteiger partial charge in [0.05, 0.1) is 17.4 Å². The van der Waals surface area contributed by atoms with Gasteiger partial charge in [-0.2, -0.15) is 0 Å². The Morgan fingerprint density at radius 3 is 2.44 bits per heavy atom. The van der Waals surface area contributed by atoms with Crippen molar-refractivity contribution >= 4 is 52.5 Å². The smallest absolute Gasteiger partial charge is 0.247 e. The first-order valence-electron chi connectivity index (χ1n) is 11.1. The Balaban J connectivity index is 1.40. The molecule has 7 heteroatoms. The molecule has 3 aromatic rings. The second kappa shape index (κ2) is 10.5. The van der Waals surface area contributed by atoms with Gasteiger partial charge < -0.3 is 5.32 Å². The standard InChI is InChI=1S/C27H25ClN2O3S/c1-3-19-6-4-5-17(2)26(19)30-25(32)16-23(27(30)33)34-22-13-11-21(12-14-22)29-24(31)15-18-7-9-20(28)10-8-18/h4-14,23H,3,15-16H2,1-2H3,(H,29,31)/t23-/m0/s1. The van der Waals surface area contributed by atoms with E-state index >= 15 is 0 Å². The van der Waals surface area contributed by atoms with E-state index in [0.29, 0.717) is 10.7 Å². The number of hydrogen-bond acceptors (Lipinski definition) is 4. The number of thioether (sulfide) groups is 1. The fraction of sp³-hybridized carbons (Fsp3) is 0.222. The van der Waals surface area contributed by atoms with Crippen molar-refractivity contribution in [2.45, 2.75) is 43.3 Å². The second-order valence-electron chi connectivity index (χ2n) is 8.19. The number of imide groups is 1. The molecule has 1 fully saturated rings. The maximum atomic E-state index is 13.2. The van der Waals surface area contributed by atoms with Crippen molar-refractivity contribution in [1.82, 2.24) is 0 Å². The topological polar surface area (TPSA) is 66.5 Å². The molecule has 1 aliphatic rings. The average Bonchev–Trinajstić information content (AvgIpc) is 3.09. The van der Waals surface area contributed by atoms with Crippen LogP contribution < -0.4 is 10.2 Å². The average molecular weight is 493 g/mol. The van der Waals surface area contributed by atoms with E-state index in [-0.39, 0.29) is 30.6 Å². The maximum absolute atomic E-state index is 13.2. The number of amides is 3. The van der Waals surface area contributed by atoms with Crippen LogP contribution in [0.4, 0.5) is 11.4 Å². The Bertz CT molecular complexity index is 1230. The Hall–Kier alpha value is -3.09. The highest BCUT2D eigenvalue weighted by molar-refractivity contribution is 8.00. The van der Waals surface area contributed by atoms with Gasteiger partial charge in [-0.3, -0.25) is 14.4 Å². The van der Waals surface area contributed by atoms with Crippen LogP contribution in [-0.4, -0.2) is 23.0 Å². The molecule has 0 radical (unpaired) electrons. The van der Waals surface area contributed by atoms with Crippen molar-refractivity contribution in [3.8, 4) is 0 Å². The third-order valence-corrected chi connectivity index (χ3v) is 7.17. The molecule has 3 amide bonds. The van der Waals surface area contributed by atoms with Gasteiger partial charge in [0.1, 0.15) is 0 Å². The van der Waals surface area contributed by atoms with Gasteiger partial charge in [0.2, 0.25) is 17.7 Å². The molecule has 1 N–H and O–H groups in total. The zero-order valence-corrected chi connectivity index (χ0v) is 20.6. The Kier molecular flexibility index (Phi) is 7.39. The molecule has 3 aromatic carbocycles. The highest BCUT2D eigenvalue weighted by Gasteiger charge is 2.41. The Morgan fingerprint density at radius 1 is 1.06 bits per heavy atom. The maximum Gasteiger partial charge on any atom is 0.247 e. The highest BCUT2D eigenvalue weighted by atomic mass is 35.5. The number of rotatable bonds is 7. The van der Waals surface area contributed by atoms with Gasteiger partial charge in [0, 0.05) is 22.0 Å². The summed E-state index contributed by atoms with van der Waals surface area (Å²) in [5, 5.41) is 3.04. The van der Waals surface area contributed by atoms with Gasteiger partial charge in [-0.05, 0) is 66.4 Å². The van der Waals surface area contributed by atoms with Crippen molar-refractivity contribution in [2.24, 2.45) is 0 Å². The summed E-state index contributed by atoms with van der Waals surface area (Å²) < 4.78 is 0. The van der Waals surface area contributed by atoms with Gasteiger partial charge in [0.25, 0.3) is 0 Å². The summed E-state index contributed by atoms with van der Waals surface area (Å²) in [5.41, 5.74) is 4.19. The lowest BCUT2D eigenvalue weighted by Gasteiger charge is -2.20. The number of anilines is 2. The summed E-state index contributed by atoms with van der Waals surface area (Å²) in [6, 6.07) is 20.3. The molecule has 34 heavy (non-hydrogen) atoms. The first-order chi connectivity index (χ1) is 16.4. The van der Waals surface area contributed by atoms with E-state index in [9.17, 15) is 14.4 Å². The molecule has 1 saturated heterocycles. The van der Waals surface area contributed by atoms with Crippen LogP contribution in [0.15, 0.2) is 71.6 Å². The molecule has 1 atom stereocenters. The molecule has 0 saturated carbocycles. The van der Waals surface area contributed by atoms with Crippen LogP contribution in [0.1, 0.15) is 30.0 Å². The zero-order valence-electron chi connectivity index (χ0n) is 19.0. The monoisotopic (exact) mass is 492 g/mol. The van der Waals surface area contributed by atoms with Gasteiger partial charge in [-0.25, -0.2) is 4.90 Å². The number of carbonyl (C=O) groups is 3. The predicted octanol–water partition coefficient (Wildman–Crippen LogP) is 5.82. The molecular formula is C27H25ClN2O3S. The van der Waals surface area contributed by atoms with Crippen LogP contribution in [0.5, 0.6) is 0 Å². The molecule has 5 nitrogen and oxygen atoms in total. The molecular weight excluding hydrogens is 468 g/mol. The number of aryl methyl sites for hydroxylation is 2. The molecule has 0 aromatic heterocycles. The fourth-order valence-electron chi connectivity index (χ4n) is 4.03. The van der Waals surface area contributed by atoms with E-state index in [1.807, 2.05) is 56.3 Å². The van der Waals surface area contributed by atoms with Gasteiger partial charge in [-0.1, -0.05) is 48.9 Å². The number of para-hydroxylation sites is 1. The molecule has 1 aliphatic heterocycles. The van der Waals surface area contributed by atoms with Gasteiger partial charge in [-0.15, -0.1) is 11.8 Å². The van der Waals surface area contributed by atoms with Crippen molar-refractivity contribution < 1.29 is 14.4 Å². The first kappa shape index (κ1) is 24.0. The van der Waals surface area contributed by atoms with E-state index < -0.39 is 5.25 Å². The number of nitrogens with one attached hydrogen (secondary N) is 1. The van der Waals surface area contributed by atoms with E-state index in [0.717, 1.165) is 33.7 Å². The minimum atomic E-state index is -0.470. The quantitative estimate of drug-likeness (QED) is 0.422. The van der Waals surface area contributed by atoms with E-state index in [2.05, 4.69) is 5.32 Å². The molecule has 4 rings (SSSR count). The lowest BCUT2D eigenvalue weighted by Crippen LogP contribution is -2.32. The van der Waals surface area contributed by atoms with Crippen LogP contribution in [0, 0.1) is 6.92 Å². The largest absolute Gasteiger partial charge is 0.326 e. The normalized spacial score (nSPS) is 15.6. The molecule has 0 unspecified atom stereocenters. The van der Waals surface area contributed by atoms with E-state index in [1.54, 1.807) is 24.3 Å². The lowest BCUT2D eigenvalue weighted by molar-refractivity contribution is -0.121. The summed E-state index contributed by atoms with van der Waals surface area (Å²) in [7, 11) is 0. The summed E-state index contributed by atoms with van der Waals surface area (Å²) in [4.78, 5) is 40.5. The first-order valence-corrected chi connectivity index (χ1v) is 12.4. The summed E-state index contributed by atoms with van der Waals surface area (Å²) in [6.45, 7) is 3.95. The van der Waals surface area contributed by atoms with Crippen molar-refractivity contribution in [2.75, 3.05) is 10.2 Å². The minimum Gasteiger partial charge on any atom is -0.326 e. The van der Waals surface area contributed by atoms with Crippen molar-refractivity contribution in [3.63, 3.8) is 0 Å². The second-order valence-corrected chi connectivity index (χ2v) is 9.90. The van der Waals surface area contributed by atoms with Crippen LogP contribution in [-0.2, 0) is 27.2 Å². The Morgan fingerprint density at radius 2 is 1.76 bits per heavy atom. The minimum absolute atomic E-state index is 0.125.